The topological polar surface area (TPSA) is 70.1 Å². The number of hydrogen-bond donors (Lipinski definition) is 1. The fourth-order valence-electron chi connectivity index (χ4n) is 2.67. The third-order valence-electron chi connectivity index (χ3n) is 3.97. The van der Waals surface area contributed by atoms with Crippen LogP contribution >= 0.6 is 0 Å². The third-order valence-corrected chi connectivity index (χ3v) is 3.97. The summed E-state index contributed by atoms with van der Waals surface area (Å²) >= 11 is 0. The van der Waals surface area contributed by atoms with Gasteiger partial charge in [0.2, 0.25) is 0 Å². The van der Waals surface area contributed by atoms with Crippen LogP contribution in [0.4, 0.5) is 4.79 Å². The molecule has 1 fully saturated rings. The van der Waals surface area contributed by atoms with Crippen molar-refractivity contribution < 1.29 is 19.4 Å². The minimum Gasteiger partial charge on any atom is -0.481 e. The van der Waals surface area contributed by atoms with Gasteiger partial charge in [-0.1, -0.05) is 13.8 Å². The first-order valence-corrected chi connectivity index (χ1v) is 7.32. The van der Waals surface area contributed by atoms with Gasteiger partial charge in [0.15, 0.2) is 0 Å². The predicted molar refractivity (Wildman–Crippen MR) is 75.7 cm³/mol. The van der Waals surface area contributed by atoms with Crippen LogP contribution in [0, 0.1) is 5.92 Å². The van der Waals surface area contributed by atoms with Crippen molar-refractivity contribution in [1.82, 2.24) is 9.80 Å². The number of methoxy groups -OCH3 is 1. The van der Waals surface area contributed by atoms with Crippen LogP contribution in [0.1, 0.15) is 33.1 Å². The summed E-state index contributed by atoms with van der Waals surface area (Å²) in [7, 11) is 1.62. The molecule has 1 N–H and O–H groups in total. The molecule has 0 spiro atoms. The molecule has 6 heteroatoms. The first kappa shape index (κ1) is 16.8. The number of rotatable bonds is 7. The highest BCUT2D eigenvalue weighted by Gasteiger charge is 2.34. The Labute approximate surface area is 120 Å². The van der Waals surface area contributed by atoms with Crippen molar-refractivity contribution in [3.63, 3.8) is 0 Å². The van der Waals surface area contributed by atoms with E-state index in [9.17, 15) is 9.59 Å². The van der Waals surface area contributed by atoms with E-state index in [1.54, 1.807) is 12.0 Å². The van der Waals surface area contributed by atoms with Gasteiger partial charge < -0.3 is 19.6 Å². The smallest absolute Gasteiger partial charge is 0.320 e. The third kappa shape index (κ3) is 4.10. The summed E-state index contributed by atoms with van der Waals surface area (Å²) < 4.78 is 5.08. The number of urea groups is 1. The van der Waals surface area contributed by atoms with Crippen LogP contribution in [-0.4, -0.2) is 66.3 Å². The Morgan fingerprint density at radius 2 is 2.05 bits per heavy atom. The van der Waals surface area contributed by atoms with E-state index in [1.807, 2.05) is 4.90 Å². The lowest BCUT2D eigenvalue weighted by Gasteiger charge is -2.33. The minimum atomic E-state index is -0.814. The van der Waals surface area contributed by atoms with Crippen molar-refractivity contribution in [3.05, 3.63) is 0 Å². The van der Waals surface area contributed by atoms with Gasteiger partial charge in [-0.2, -0.15) is 0 Å². The zero-order valence-electron chi connectivity index (χ0n) is 12.7. The van der Waals surface area contributed by atoms with Gasteiger partial charge in [0.05, 0.1) is 12.5 Å². The molecule has 0 bridgehead atoms. The van der Waals surface area contributed by atoms with Crippen LogP contribution in [0.25, 0.3) is 0 Å². The molecular formula is C14H26N2O4. The first-order valence-electron chi connectivity index (χ1n) is 7.32. The van der Waals surface area contributed by atoms with Crippen molar-refractivity contribution in [1.29, 1.82) is 0 Å². The van der Waals surface area contributed by atoms with E-state index >= 15 is 0 Å². The average Bonchev–Trinajstić information content (AvgIpc) is 2.92. The molecule has 2 amide bonds. The largest absolute Gasteiger partial charge is 0.481 e. The van der Waals surface area contributed by atoms with E-state index in [0.29, 0.717) is 32.7 Å². The number of likely N-dealkylation sites (tertiary alicyclic amines) is 1. The lowest BCUT2D eigenvalue weighted by molar-refractivity contribution is -0.141. The molecule has 1 heterocycles. The maximum Gasteiger partial charge on any atom is 0.320 e. The number of aliphatic carboxylic acids is 1. The minimum absolute atomic E-state index is 0.0560. The number of ether oxygens (including phenoxy) is 1. The second-order valence-electron chi connectivity index (χ2n) is 5.21. The van der Waals surface area contributed by atoms with E-state index in [4.69, 9.17) is 9.84 Å². The lowest BCUT2D eigenvalue weighted by Crippen LogP contribution is -2.48. The van der Waals surface area contributed by atoms with Crippen LogP contribution < -0.4 is 0 Å². The summed E-state index contributed by atoms with van der Waals surface area (Å²) in [5.74, 6) is -1.24. The van der Waals surface area contributed by atoms with Crippen LogP contribution in [0.5, 0.6) is 0 Å². The van der Waals surface area contributed by atoms with Gasteiger partial charge in [0.25, 0.3) is 0 Å². The molecule has 1 aliphatic heterocycles. The highest BCUT2D eigenvalue weighted by atomic mass is 16.5. The summed E-state index contributed by atoms with van der Waals surface area (Å²) in [6.07, 6.45) is 2.33. The second-order valence-corrected chi connectivity index (χ2v) is 5.21. The number of carbonyl (C=O) groups excluding carboxylic acids is 1. The van der Waals surface area contributed by atoms with Crippen molar-refractivity contribution in [2.75, 3.05) is 33.4 Å². The molecule has 6 nitrogen and oxygen atoms in total. The van der Waals surface area contributed by atoms with Gasteiger partial charge in [-0.15, -0.1) is 0 Å². The molecule has 1 rings (SSSR count). The Hall–Kier alpha value is -1.30. The number of nitrogens with zero attached hydrogens (tertiary/aromatic N) is 2. The van der Waals surface area contributed by atoms with Gasteiger partial charge in [-0.05, 0) is 19.3 Å². The Bertz CT molecular complexity index is 331. The zero-order valence-corrected chi connectivity index (χ0v) is 12.7. The number of amides is 2. The molecule has 0 aromatic rings. The highest BCUT2D eigenvalue weighted by Crippen LogP contribution is 2.20. The SMILES string of the molecule is CCC(CC)N(CCOC)C(=O)N1CCC(C(=O)O)C1. The maximum atomic E-state index is 12.6. The van der Waals surface area contributed by atoms with Gasteiger partial charge in [-0.3, -0.25) is 4.79 Å². The van der Waals surface area contributed by atoms with E-state index in [2.05, 4.69) is 13.8 Å². The average molecular weight is 286 g/mol. The van der Waals surface area contributed by atoms with Gasteiger partial charge in [-0.25, -0.2) is 4.79 Å². The van der Waals surface area contributed by atoms with E-state index in [0.717, 1.165) is 12.8 Å². The molecule has 0 radical (unpaired) electrons. The summed E-state index contributed by atoms with van der Waals surface area (Å²) in [6, 6.07) is 0.126. The quantitative estimate of drug-likeness (QED) is 0.772. The zero-order chi connectivity index (χ0) is 15.1. The van der Waals surface area contributed by atoms with E-state index in [1.165, 1.54) is 0 Å². The molecule has 1 saturated heterocycles. The van der Waals surface area contributed by atoms with Gasteiger partial charge in [0, 0.05) is 32.8 Å². The predicted octanol–water partition coefficient (Wildman–Crippen LogP) is 1.65. The van der Waals surface area contributed by atoms with Crippen LogP contribution in [0.15, 0.2) is 0 Å². The molecule has 0 aromatic carbocycles. The van der Waals surface area contributed by atoms with Gasteiger partial charge in [0.1, 0.15) is 0 Å². The first-order chi connectivity index (χ1) is 9.54. The van der Waals surface area contributed by atoms with E-state index in [-0.39, 0.29) is 12.1 Å². The fraction of sp³-hybridized carbons (Fsp3) is 0.857. The number of carbonyl (C=O) groups is 2. The van der Waals surface area contributed by atoms with Crippen molar-refractivity contribution >= 4 is 12.0 Å². The summed E-state index contributed by atoms with van der Waals surface area (Å²) in [5, 5.41) is 9.02. The standard InChI is InChI=1S/C14H26N2O4/c1-4-12(5-2)16(8-9-20-3)14(19)15-7-6-11(10-15)13(17)18/h11-12H,4-10H2,1-3H3,(H,17,18). The van der Waals surface area contributed by atoms with Crippen LogP contribution in [-0.2, 0) is 9.53 Å². The number of carboxylic acid groups (broad SMARTS) is 1. The molecule has 0 saturated carbocycles. The molecule has 20 heavy (non-hydrogen) atoms. The Balaban J connectivity index is 2.70. The second kappa shape index (κ2) is 8.09. The molecule has 116 valence electrons. The Morgan fingerprint density at radius 1 is 1.40 bits per heavy atom. The Kier molecular flexibility index (Phi) is 6.78. The van der Waals surface area contributed by atoms with Crippen molar-refractivity contribution in [2.45, 2.75) is 39.2 Å². The molecule has 1 atom stereocenters. The summed E-state index contributed by atoms with van der Waals surface area (Å²) in [6.45, 7) is 6.02. The molecule has 1 unspecified atom stereocenters. The molecule has 1 aliphatic rings. The summed E-state index contributed by atoms with van der Waals surface area (Å²) in [5.41, 5.74) is 0. The molecular weight excluding hydrogens is 260 g/mol. The van der Waals surface area contributed by atoms with Crippen molar-refractivity contribution in [3.8, 4) is 0 Å². The van der Waals surface area contributed by atoms with Gasteiger partial charge >= 0.3 is 12.0 Å². The number of carboxylic acids is 1. The highest BCUT2D eigenvalue weighted by molar-refractivity contribution is 5.77. The summed E-state index contributed by atoms with van der Waals surface area (Å²) in [4.78, 5) is 27.1. The number of hydrogen-bond acceptors (Lipinski definition) is 3. The van der Waals surface area contributed by atoms with Crippen molar-refractivity contribution in [2.24, 2.45) is 5.92 Å². The lowest BCUT2D eigenvalue weighted by atomic mass is 10.1. The normalized spacial score (nSPS) is 18.6. The van der Waals surface area contributed by atoms with E-state index < -0.39 is 11.9 Å². The maximum absolute atomic E-state index is 12.6. The monoisotopic (exact) mass is 286 g/mol. The Morgan fingerprint density at radius 3 is 2.50 bits per heavy atom. The van der Waals surface area contributed by atoms with Crippen LogP contribution in [0.3, 0.4) is 0 Å². The van der Waals surface area contributed by atoms with Crippen LogP contribution in [0.2, 0.25) is 0 Å². The molecule has 0 aromatic heterocycles. The fourth-order valence-corrected chi connectivity index (χ4v) is 2.67. The molecule has 0 aliphatic carbocycles.